The fraction of sp³-hybridized carbons (Fsp3) is 0.222. The first-order valence-corrected chi connectivity index (χ1v) is 5.01. The van der Waals surface area contributed by atoms with Gasteiger partial charge in [-0.2, -0.15) is 0 Å². The second-order valence-electron chi connectivity index (χ2n) is 3.14. The SMILES string of the molecule is Cn1c(=O)n(CO)c2c(F)ccc(Br)c21. The molecule has 0 aliphatic rings. The van der Waals surface area contributed by atoms with Gasteiger partial charge in [-0.1, -0.05) is 0 Å². The number of benzene rings is 1. The summed E-state index contributed by atoms with van der Waals surface area (Å²) < 4.78 is 16.4. The lowest BCUT2D eigenvalue weighted by Crippen LogP contribution is -2.22. The molecule has 0 atom stereocenters. The van der Waals surface area contributed by atoms with Crippen molar-refractivity contribution >= 4 is 27.0 Å². The number of aromatic nitrogens is 2. The van der Waals surface area contributed by atoms with E-state index in [1.54, 1.807) is 0 Å². The van der Waals surface area contributed by atoms with Crippen LogP contribution in [0.15, 0.2) is 21.4 Å². The molecule has 0 radical (unpaired) electrons. The van der Waals surface area contributed by atoms with Crippen LogP contribution < -0.4 is 5.69 Å². The van der Waals surface area contributed by atoms with Gasteiger partial charge < -0.3 is 5.11 Å². The Morgan fingerprint density at radius 3 is 2.73 bits per heavy atom. The van der Waals surface area contributed by atoms with E-state index in [1.807, 2.05) is 0 Å². The Labute approximate surface area is 92.7 Å². The van der Waals surface area contributed by atoms with E-state index in [0.29, 0.717) is 9.99 Å². The van der Waals surface area contributed by atoms with E-state index in [4.69, 9.17) is 5.11 Å². The van der Waals surface area contributed by atoms with Gasteiger partial charge in [0, 0.05) is 11.5 Å². The van der Waals surface area contributed by atoms with Crippen molar-refractivity contribution in [3.63, 3.8) is 0 Å². The summed E-state index contributed by atoms with van der Waals surface area (Å²) in [7, 11) is 1.53. The van der Waals surface area contributed by atoms with Gasteiger partial charge in [0.2, 0.25) is 0 Å². The average molecular weight is 275 g/mol. The first-order chi connectivity index (χ1) is 7.07. The summed E-state index contributed by atoms with van der Waals surface area (Å²) in [6, 6.07) is 2.77. The van der Waals surface area contributed by atoms with Crippen LogP contribution in [0, 0.1) is 5.82 Å². The van der Waals surface area contributed by atoms with Crippen molar-refractivity contribution in [2.45, 2.75) is 6.73 Å². The molecule has 1 N–H and O–H groups in total. The third kappa shape index (κ3) is 1.32. The van der Waals surface area contributed by atoms with Crippen molar-refractivity contribution in [1.82, 2.24) is 9.13 Å². The third-order valence-electron chi connectivity index (χ3n) is 2.32. The second kappa shape index (κ2) is 3.46. The molecule has 0 saturated carbocycles. The maximum atomic E-state index is 13.5. The summed E-state index contributed by atoms with van der Waals surface area (Å²) in [6.45, 7) is -0.538. The summed E-state index contributed by atoms with van der Waals surface area (Å²) in [5, 5.41) is 9.01. The Bertz CT molecular complexity index is 588. The number of aliphatic hydroxyl groups is 1. The summed E-state index contributed by atoms with van der Waals surface area (Å²) in [6.07, 6.45) is 0. The second-order valence-corrected chi connectivity index (χ2v) is 3.99. The molecule has 15 heavy (non-hydrogen) atoms. The highest BCUT2D eigenvalue weighted by Crippen LogP contribution is 2.24. The van der Waals surface area contributed by atoms with Gasteiger partial charge >= 0.3 is 5.69 Å². The third-order valence-corrected chi connectivity index (χ3v) is 2.96. The van der Waals surface area contributed by atoms with Gasteiger partial charge in [0.25, 0.3) is 0 Å². The first kappa shape index (κ1) is 10.4. The lowest BCUT2D eigenvalue weighted by atomic mass is 10.3. The lowest BCUT2D eigenvalue weighted by Gasteiger charge is -2.00. The fourth-order valence-corrected chi connectivity index (χ4v) is 2.20. The van der Waals surface area contributed by atoms with E-state index >= 15 is 0 Å². The van der Waals surface area contributed by atoms with Crippen molar-refractivity contribution < 1.29 is 9.50 Å². The highest BCUT2D eigenvalue weighted by Gasteiger charge is 2.16. The zero-order chi connectivity index (χ0) is 11.2. The minimum Gasteiger partial charge on any atom is -0.376 e. The standard InChI is InChI=1S/C9H8BrFN2O2/c1-12-7-5(10)2-3-6(11)8(7)13(4-14)9(12)15/h2-3,14H,4H2,1H3. The van der Waals surface area contributed by atoms with Gasteiger partial charge in [0.1, 0.15) is 18.1 Å². The quantitative estimate of drug-likeness (QED) is 0.849. The highest BCUT2D eigenvalue weighted by molar-refractivity contribution is 9.10. The zero-order valence-corrected chi connectivity index (χ0v) is 9.45. The number of nitrogens with zero attached hydrogens (tertiary/aromatic N) is 2. The largest absolute Gasteiger partial charge is 0.376 e. The van der Waals surface area contributed by atoms with Crippen LogP contribution in [0.25, 0.3) is 11.0 Å². The lowest BCUT2D eigenvalue weighted by molar-refractivity contribution is 0.209. The summed E-state index contributed by atoms with van der Waals surface area (Å²) in [5.41, 5.74) is 0.103. The Hall–Kier alpha value is -1.14. The molecule has 0 aliphatic carbocycles. The van der Waals surface area contributed by atoms with E-state index in [-0.39, 0.29) is 5.52 Å². The van der Waals surface area contributed by atoms with Crippen molar-refractivity contribution in [1.29, 1.82) is 0 Å². The van der Waals surface area contributed by atoms with Gasteiger partial charge in [-0.05, 0) is 28.1 Å². The number of hydrogen-bond acceptors (Lipinski definition) is 2. The van der Waals surface area contributed by atoms with Crippen LogP contribution in [0.2, 0.25) is 0 Å². The Morgan fingerprint density at radius 2 is 2.13 bits per heavy atom. The molecule has 0 bridgehead atoms. The number of hydrogen-bond donors (Lipinski definition) is 1. The molecule has 4 nitrogen and oxygen atoms in total. The maximum Gasteiger partial charge on any atom is 0.330 e. The molecule has 1 aromatic heterocycles. The van der Waals surface area contributed by atoms with Gasteiger partial charge in [0.15, 0.2) is 0 Å². The number of aliphatic hydroxyl groups excluding tert-OH is 1. The fourth-order valence-electron chi connectivity index (χ4n) is 1.61. The molecule has 0 spiro atoms. The van der Waals surface area contributed by atoms with E-state index in [0.717, 1.165) is 4.57 Å². The molecule has 6 heteroatoms. The molecular weight excluding hydrogens is 267 g/mol. The predicted octanol–water partition coefficient (Wildman–Crippen LogP) is 1.19. The van der Waals surface area contributed by atoms with Crippen LogP contribution in [0.4, 0.5) is 4.39 Å². The highest BCUT2D eigenvalue weighted by atomic mass is 79.9. The zero-order valence-electron chi connectivity index (χ0n) is 7.87. The molecule has 1 heterocycles. The summed E-state index contributed by atoms with van der Waals surface area (Å²) in [5.74, 6) is -0.528. The molecule has 2 aromatic rings. The Kier molecular flexibility index (Phi) is 2.40. The molecule has 0 amide bonds. The van der Waals surface area contributed by atoms with Crippen molar-refractivity contribution in [3.05, 3.63) is 32.9 Å². The number of rotatable bonds is 1. The molecule has 0 saturated heterocycles. The van der Waals surface area contributed by atoms with Crippen LogP contribution in [0.3, 0.4) is 0 Å². The molecular formula is C9H8BrFN2O2. The topological polar surface area (TPSA) is 47.2 Å². The van der Waals surface area contributed by atoms with Gasteiger partial charge in [-0.3, -0.25) is 9.13 Å². The van der Waals surface area contributed by atoms with E-state index in [2.05, 4.69) is 15.9 Å². The van der Waals surface area contributed by atoms with Gasteiger partial charge in [-0.25, -0.2) is 9.18 Å². The van der Waals surface area contributed by atoms with Gasteiger partial charge in [0.05, 0.1) is 5.52 Å². The molecule has 2 rings (SSSR count). The number of fused-ring (bicyclic) bond motifs is 1. The van der Waals surface area contributed by atoms with Crippen LogP contribution in [0.5, 0.6) is 0 Å². The van der Waals surface area contributed by atoms with E-state index < -0.39 is 18.2 Å². The minimum atomic E-state index is -0.538. The molecule has 1 aromatic carbocycles. The normalized spacial score (nSPS) is 11.2. The molecule has 0 aliphatic heterocycles. The van der Waals surface area contributed by atoms with Crippen LogP contribution in [-0.4, -0.2) is 14.2 Å². The minimum absolute atomic E-state index is 0.111. The molecule has 0 fully saturated rings. The average Bonchev–Trinajstić information content (AvgIpc) is 2.47. The number of aryl methyl sites for hydroxylation is 1. The predicted molar refractivity (Wildman–Crippen MR) is 57.1 cm³/mol. The number of imidazole rings is 1. The monoisotopic (exact) mass is 274 g/mol. The molecule has 80 valence electrons. The Morgan fingerprint density at radius 1 is 1.47 bits per heavy atom. The van der Waals surface area contributed by atoms with Crippen LogP contribution in [0.1, 0.15) is 0 Å². The van der Waals surface area contributed by atoms with Gasteiger partial charge in [-0.15, -0.1) is 0 Å². The van der Waals surface area contributed by atoms with Crippen LogP contribution >= 0.6 is 15.9 Å². The summed E-state index contributed by atoms with van der Waals surface area (Å²) in [4.78, 5) is 11.6. The van der Waals surface area contributed by atoms with Crippen molar-refractivity contribution in [3.8, 4) is 0 Å². The maximum absolute atomic E-state index is 13.5. The first-order valence-electron chi connectivity index (χ1n) is 4.22. The van der Waals surface area contributed by atoms with Crippen molar-refractivity contribution in [2.24, 2.45) is 7.05 Å². The number of halogens is 2. The summed E-state index contributed by atoms with van der Waals surface area (Å²) >= 11 is 3.24. The Balaban J connectivity index is 3.10. The van der Waals surface area contributed by atoms with Crippen molar-refractivity contribution in [2.75, 3.05) is 0 Å². The van der Waals surface area contributed by atoms with E-state index in [1.165, 1.54) is 23.7 Å². The van der Waals surface area contributed by atoms with E-state index in [9.17, 15) is 9.18 Å². The molecule has 0 unspecified atom stereocenters. The van der Waals surface area contributed by atoms with Crippen LogP contribution in [-0.2, 0) is 13.8 Å². The smallest absolute Gasteiger partial charge is 0.330 e.